The monoisotopic (exact) mass is 354 g/mol. The molecule has 0 fully saturated rings. The van der Waals surface area contributed by atoms with Crippen LogP contribution in [0.4, 0.5) is 5.13 Å². The van der Waals surface area contributed by atoms with Crippen molar-refractivity contribution in [1.82, 2.24) is 15.0 Å². The number of Topliss-reactive ketones (excluding diaryl/α,β-unsaturated/α-hetero) is 1. The SMILES string of the molecule is CCCC(=O)c1sc(NC)nc1C.Cc1nc(Cl)cc(C=O)n1. The van der Waals surface area contributed by atoms with Gasteiger partial charge in [-0.25, -0.2) is 15.0 Å². The van der Waals surface area contributed by atoms with E-state index in [4.69, 9.17) is 11.6 Å². The maximum atomic E-state index is 11.5. The number of halogens is 1. The lowest BCUT2D eigenvalue weighted by Gasteiger charge is -1.93. The zero-order chi connectivity index (χ0) is 17.4. The van der Waals surface area contributed by atoms with Gasteiger partial charge in [-0.2, -0.15) is 0 Å². The van der Waals surface area contributed by atoms with Crippen LogP contribution in [0.25, 0.3) is 0 Å². The van der Waals surface area contributed by atoms with E-state index in [0.717, 1.165) is 22.1 Å². The summed E-state index contributed by atoms with van der Waals surface area (Å²) in [6, 6.07) is 1.42. The number of rotatable bonds is 5. The predicted molar refractivity (Wildman–Crippen MR) is 92.8 cm³/mol. The van der Waals surface area contributed by atoms with Crippen molar-refractivity contribution < 1.29 is 9.59 Å². The summed E-state index contributed by atoms with van der Waals surface area (Å²) >= 11 is 6.95. The Morgan fingerprint density at radius 2 is 2.04 bits per heavy atom. The molecular formula is C15H19ClN4O2S. The van der Waals surface area contributed by atoms with Crippen LogP contribution >= 0.6 is 22.9 Å². The fourth-order valence-electron chi connectivity index (χ4n) is 1.72. The van der Waals surface area contributed by atoms with E-state index in [9.17, 15) is 9.59 Å². The van der Waals surface area contributed by atoms with E-state index in [-0.39, 0.29) is 5.78 Å². The molecule has 0 saturated carbocycles. The number of hydrogen-bond donors (Lipinski definition) is 1. The third kappa shape index (κ3) is 6.03. The summed E-state index contributed by atoms with van der Waals surface area (Å²) in [6.07, 6.45) is 2.15. The van der Waals surface area contributed by atoms with Crippen molar-refractivity contribution in [2.24, 2.45) is 0 Å². The van der Waals surface area contributed by atoms with Crippen LogP contribution in [-0.4, -0.2) is 34.1 Å². The average molecular weight is 355 g/mol. The number of carbonyl (C=O) groups is 2. The summed E-state index contributed by atoms with van der Waals surface area (Å²) in [5.74, 6) is 0.716. The molecule has 0 spiro atoms. The maximum absolute atomic E-state index is 11.5. The number of ketones is 1. The first-order valence-corrected chi connectivity index (χ1v) is 8.25. The minimum atomic E-state index is 0.207. The molecular weight excluding hydrogens is 336 g/mol. The van der Waals surface area contributed by atoms with Gasteiger partial charge in [0.2, 0.25) is 0 Å². The van der Waals surface area contributed by atoms with Gasteiger partial charge in [0.1, 0.15) is 16.7 Å². The molecule has 2 aromatic heterocycles. The van der Waals surface area contributed by atoms with E-state index in [1.807, 2.05) is 20.9 Å². The van der Waals surface area contributed by atoms with Crippen LogP contribution < -0.4 is 5.32 Å². The Morgan fingerprint density at radius 3 is 2.52 bits per heavy atom. The second-order valence-electron chi connectivity index (χ2n) is 4.64. The van der Waals surface area contributed by atoms with Crippen molar-refractivity contribution in [3.8, 4) is 0 Å². The minimum Gasteiger partial charge on any atom is -0.365 e. The van der Waals surface area contributed by atoms with E-state index in [1.165, 1.54) is 17.4 Å². The Labute approximate surface area is 144 Å². The number of aryl methyl sites for hydroxylation is 2. The lowest BCUT2D eigenvalue weighted by molar-refractivity contribution is 0.0984. The van der Waals surface area contributed by atoms with Gasteiger partial charge in [0.15, 0.2) is 17.2 Å². The lowest BCUT2D eigenvalue weighted by atomic mass is 10.2. The highest BCUT2D eigenvalue weighted by molar-refractivity contribution is 7.17. The van der Waals surface area contributed by atoms with Gasteiger partial charge in [0, 0.05) is 19.5 Å². The molecule has 0 unspecified atom stereocenters. The first-order chi connectivity index (χ1) is 10.9. The molecule has 23 heavy (non-hydrogen) atoms. The molecule has 0 radical (unpaired) electrons. The van der Waals surface area contributed by atoms with Crippen LogP contribution in [0, 0.1) is 13.8 Å². The fraction of sp³-hybridized carbons (Fsp3) is 0.400. The number of anilines is 1. The summed E-state index contributed by atoms with van der Waals surface area (Å²) in [6.45, 7) is 5.56. The first-order valence-electron chi connectivity index (χ1n) is 7.06. The Kier molecular flexibility index (Phi) is 7.77. The third-order valence-corrected chi connectivity index (χ3v) is 4.10. The molecule has 0 saturated heterocycles. The van der Waals surface area contributed by atoms with Gasteiger partial charge in [-0.3, -0.25) is 9.59 Å². The van der Waals surface area contributed by atoms with Crippen LogP contribution in [-0.2, 0) is 0 Å². The van der Waals surface area contributed by atoms with Crippen LogP contribution in [0.5, 0.6) is 0 Å². The zero-order valence-electron chi connectivity index (χ0n) is 13.5. The molecule has 0 aliphatic rings. The highest BCUT2D eigenvalue weighted by atomic mass is 35.5. The van der Waals surface area contributed by atoms with Crippen molar-refractivity contribution >= 4 is 40.1 Å². The topological polar surface area (TPSA) is 84.8 Å². The Balaban J connectivity index is 0.000000238. The van der Waals surface area contributed by atoms with E-state index in [2.05, 4.69) is 20.3 Å². The minimum absolute atomic E-state index is 0.207. The maximum Gasteiger partial charge on any atom is 0.183 e. The largest absolute Gasteiger partial charge is 0.365 e. The lowest BCUT2D eigenvalue weighted by Crippen LogP contribution is -1.96. The van der Waals surface area contributed by atoms with E-state index in [1.54, 1.807) is 6.92 Å². The highest BCUT2D eigenvalue weighted by Crippen LogP contribution is 2.23. The highest BCUT2D eigenvalue weighted by Gasteiger charge is 2.13. The van der Waals surface area contributed by atoms with Crippen molar-refractivity contribution in [3.05, 3.63) is 33.3 Å². The van der Waals surface area contributed by atoms with Crippen molar-refractivity contribution in [3.63, 3.8) is 0 Å². The third-order valence-electron chi connectivity index (χ3n) is 2.69. The quantitative estimate of drug-likeness (QED) is 0.500. The van der Waals surface area contributed by atoms with Crippen molar-refractivity contribution in [2.45, 2.75) is 33.6 Å². The van der Waals surface area contributed by atoms with Gasteiger partial charge >= 0.3 is 0 Å². The van der Waals surface area contributed by atoms with Crippen LogP contribution in [0.15, 0.2) is 6.07 Å². The molecule has 8 heteroatoms. The zero-order valence-corrected chi connectivity index (χ0v) is 15.1. The summed E-state index contributed by atoms with van der Waals surface area (Å²) < 4.78 is 0. The molecule has 2 heterocycles. The Bertz CT molecular complexity index is 668. The second-order valence-corrected chi connectivity index (χ2v) is 6.02. The smallest absolute Gasteiger partial charge is 0.183 e. The molecule has 0 aromatic carbocycles. The molecule has 0 amide bonds. The van der Waals surface area contributed by atoms with Gasteiger partial charge in [-0.15, -0.1) is 0 Å². The normalized spacial score (nSPS) is 9.78. The van der Waals surface area contributed by atoms with Crippen LogP contribution in [0.2, 0.25) is 5.15 Å². The number of aromatic nitrogens is 3. The molecule has 2 rings (SSSR count). The Morgan fingerprint density at radius 1 is 1.35 bits per heavy atom. The summed E-state index contributed by atoms with van der Waals surface area (Å²) in [7, 11) is 1.81. The number of carbonyl (C=O) groups excluding carboxylic acids is 2. The molecule has 0 aliphatic carbocycles. The Hall–Kier alpha value is -1.86. The number of aldehydes is 1. The predicted octanol–water partition coefficient (Wildman–Crippen LogP) is 3.73. The van der Waals surface area contributed by atoms with Gasteiger partial charge in [0.25, 0.3) is 0 Å². The second kappa shape index (κ2) is 9.32. The molecule has 124 valence electrons. The summed E-state index contributed by atoms with van der Waals surface area (Å²) in [5.41, 5.74) is 1.16. The molecule has 0 bridgehead atoms. The standard InChI is InChI=1S/C9H14N2OS.C6H5ClN2O/c1-4-5-7(12)8-6(2)11-9(10-3)13-8;1-4-8-5(3-10)2-6(7)9-4/h4-5H2,1-3H3,(H,10,11);2-3H,1H3. The van der Waals surface area contributed by atoms with Crippen LogP contribution in [0.1, 0.15) is 51.4 Å². The van der Waals surface area contributed by atoms with E-state index < -0.39 is 0 Å². The van der Waals surface area contributed by atoms with E-state index in [0.29, 0.717) is 29.4 Å². The van der Waals surface area contributed by atoms with Crippen molar-refractivity contribution in [1.29, 1.82) is 0 Å². The fourth-order valence-corrected chi connectivity index (χ4v) is 2.84. The number of nitrogens with zero attached hydrogens (tertiary/aromatic N) is 3. The van der Waals surface area contributed by atoms with Gasteiger partial charge in [-0.1, -0.05) is 29.9 Å². The number of nitrogens with one attached hydrogen (secondary N) is 1. The number of thiazole rings is 1. The van der Waals surface area contributed by atoms with Gasteiger partial charge < -0.3 is 5.32 Å². The summed E-state index contributed by atoms with van der Waals surface area (Å²) in [4.78, 5) is 34.3. The van der Waals surface area contributed by atoms with Crippen LogP contribution in [0.3, 0.4) is 0 Å². The molecule has 6 nitrogen and oxygen atoms in total. The van der Waals surface area contributed by atoms with Gasteiger partial charge in [0.05, 0.1) is 10.6 Å². The molecule has 0 atom stereocenters. The van der Waals surface area contributed by atoms with Gasteiger partial charge in [-0.05, 0) is 20.3 Å². The molecule has 2 aromatic rings. The molecule has 0 aliphatic heterocycles. The van der Waals surface area contributed by atoms with Crippen molar-refractivity contribution in [2.75, 3.05) is 12.4 Å². The van der Waals surface area contributed by atoms with E-state index >= 15 is 0 Å². The summed E-state index contributed by atoms with van der Waals surface area (Å²) in [5, 5.41) is 4.06. The molecule has 1 N–H and O–H groups in total. The number of hydrogen-bond acceptors (Lipinski definition) is 7. The first kappa shape index (κ1) is 19.2. The average Bonchev–Trinajstić information content (AvgIpc) is 2.88.